The lowest BCUT2D eigenvalue weighted by Crippen LogP contribution is -2.41. The number of benzene rings is 1. The summed E-state index contributed by atoms with van der Waals surface area (Å²) < 4.78 is 5.16. The third-order valence-electron chi connectivity index (χ3n) is 2.80. The summed E-state index contributed by atoms with van der Waals surface area (Å²) in [6.07, 6.45) is -1.37. The molecule has 1 aromatic carbocycles. The highest BCUT2D eigenvalue weighted by atomic mass is 16.5. The maximum atomic E-state index is 11.6. The zero-order valence-electron chi connectivity index (χ0n) is 11.8. The van der Waals surface area contributed by atoms with Gasteiger partial charge in [-0.3, -0.25) is 9.59 Å². The number of carbonyl (C=O) groups excluding carboxylic acids is 2. The van der Waals surface area contributed by atoms with Crippen LogP contribution in [-0.4, -0.2) is 48.4 Å². The van der Waals surface area contributed by atoms with Gasteiger partial charge in [-0.1, -0.05) is 18.2 Å². The highest BCUT2D eigenvalue weighted by Gasteiger charge is 2.14. The van der Waals surface area contributed by atoms with Crippen LogP contribution in [0.3, 0.4) is 0 Å². The van der Waals surface area contributed by atoms with Crippen LogP contribution < -0.4 is 15.4 Å². The summed E-state index contributed by atoms with van der Waals surface area (Å²) in [7, 11) is 1.55. The first-order valence-electron chi connectivity index (χ1n) is 6.53. The Morgan fingerprint density at radius 3 is 2.67 bits per heavy atom. The molecule has 0 heterocycles. The van der Waals surface area contributed by atoms with E-state index in [1.165, 1.54) is 0 Å². The van der Waals surface area contributed by atoms with Gasteiger partial charge in [0.1, 0.15) is 11.9 Å². The fourth-order valence-electron chi connectivity index (χ4n) is 1.64. The Kier molecular flexibility index (Phi) is 7.20. The van der Waals surface area contributed by atoms with Crippen molar-refractivity contribution in [1.29, 1.82) is 0 Å². The molecule has 0 saturated heterocycles. The molecule has 0 aliphatic carbocycles. The van der Waals surface area contributed by atoms with Gasteiger partial charge in [0.05, 0.1) is 13.7 Å². The van der Waals surface area contributed by atoms with Crippen LogP contribution in [0, 0.1) is 0 Å². The van der Waals surface area contributed by atoms with Gasteiger partial charge in [0, 0.05) is 25.1 Å². The van der Waals surface area contributed by atoms with Gasteiger partial charge in [0.15, 0.2) is 0 Å². The molecule has 0 aliphatic heterocycles. The summed E-state index contributed by atoms with van der Waals surface area (Å²) in [5.41, 5.74) is 0.819. The van der Waals surface area contributed by atoms with Crippen LogP contribution in [0.25, 0.3) is 0 Å². The molecular formula is C14H20N2O5. The number of para-hydroxylation sites is 1. The predicted molar refractivity (Wildman–Crippen MR) is 75.6 cm³/mol. The maximum Gasteiger partial charge on any atom is 0.249 e. The molecule has 0 spiro atoms. The van der Waals surface area contributed by atoms with Crippen LogP contribution in [0.5, 0.6) is 5.75 Å². The van der Waals surface area contributed by atoms with Crippen molar-refractivity contribution >= 4 is 11.8 Å². The number of carbonyl (C=O) groups is 2. The molecule has 1 rings (SSSR count). The largest absolute Gasteiger partial charge is 0.496 e. The van der Waals surface area contributed by atoms with E-state index >= 15 is 0 Å². The number of aliphatic hydroxyl groups excluding tert-OH is 2. The van der Waals surface area contributed by atoms with Crippen molar-refractivity contribution in [1.82, 2.24) is 10.6 Å². The van der Waals surface area contributed by atoms with Gasteiger partial charge >= 0.3 is 0 Å². The van der Waals surface area contributed by atoms with Crippen LogP contribution >= 0.6 is 0 Å². The van der Waals surface area contributed by atoms with Crippen molar-refractivity contribution in [2.24, 2.45) is 0 Å². The number of methoxy groups -OCH3 is 1. The zero-order chi connectivity index (χ0) is 15.7. The summed E-state index contributed by atoms with van der Waals surface area (Å²) in [4.78, 5) is 22.9. The summed E-state index contributed by atoms with van der Waals surface area (Å²) in [6.45, 7) is -0.261. The second-order valence-electron chi connectivity index (χ2n) is 4.33. The Hall–Kier alpha value is -2.12. The second-order valence-corrected chi connectivity index (χ2v) is 4.33. The Morgan fingerprint density at radius 2 is 2.00 bits per heavy atom. The van der Waals surface area contributed by atoms with E-state index < -0.39 is 12.0 Å². The molecule has 21 heavy (non-hydrogen) atoms. The molecule has 7 nitrogen and oxygen atoms in total. The average Bonchev–Trinajstić information content (AvgIpc) is 2.50. The molecule has 0 aromatic heterocycles. The quantitative estimate of drug-likeness (QED) is 0.501. The van der Waals surface area contributed by atoms with Crippen LogP contribution in [-0.2, 0) is 16.1 Å². The fraction of sp³-hybridized carbons (Fsp3) is 0.429. The van der Waals surface area contributed by atoms with E-state index in [9.17, 15) is 14.7 Å². The average molecular weight is 296 g/mol. The van der Waals surface area contributed by atoms with Gasteiger partial charge in [-0.05, 0) is 6.07 Å². The maximum absolute atomic E-state index is 11.6. The van der Waals surface area contributed by atoms with Gasteiger partial charge < -0.3 is 25.6 Å². The Bertz CT molecular complexity index is 478. The van der Waals surface area contributed by atoms with E-state index in [0.717, 1.165) is 5.56 Å². The third kappa shape index (κ3) is 5.80. The minimum atomic E-state index is -1.31. The first kappa shape index (κ1) is 16.9. The van der Waals surface area contributed by atoms with E-state index in [2.05, 4.69) is 10.6 Å². The van der Waals surface area contributed by atoms with Gasteiger partial charge in [-0.25, -0.2) is 0 Å². The molecule has 0 fully saturated rings. The monoisotopic (exact) mass is 296 g/mol. The molecule has 0 bridgehead atoms. The van der Waals surface area contributed by atoms with Gasteiger partial charge in [-0.2, -0.15) is 0 Å². The first-order valence-corrected chi connectivity index (χ1v) is 6.53. The lowest BCUT2D eigenvalue weighted by atomic mass is 10.2. The molecule has 1 aromatic rings. The minimum Gasteiger partial charge on any atom is -0.496 e. The lowest BCUT2D eigenvalue weighted by molar-refractivity contribution is -0.132. The van der Waals surface area contributed by atoms with Crippen molar-refractivity contribution in [3.8, 4) is 5.75 Å². The van der Waals surface area contributed by atoms with E-state index in [-0.39, 0.29) is 32.0 Å². The van der Waals surface area contributed by atoms with E-state index in [1.54, 1.807) is 13.2 Å². The van der Waals surface area contributed by atoms with E-state index in [4.69, 9.17) is 9.84 Å². The molecule has 0 saturated carbocycles. The Labute approximate surface area is 122 Å². The zero-order valence-corrected chi connectivity index (χ0v) is 11.8. The Morgan fingerprint density at radius 1 is 1.29 bits per heavy atom. The fourth-order valence-corrected chi connectivity index (χ4v) is 1.64. The Balaban J connectivity index is 2.36. The van der Waals surface area contributed by atoms with E-state index in [0.29, 0.717) is 5.75 Å². The lowest BCUT2D eigenvalue weighted by Gasteiger charge is -2.11. The first-order chi connectivity index (χ1) is 10.1. The summed E-state index contributed by atoms with van der Waals surface area (Å²) in [6, 6.07) is 7.27. The number of hydrogen-bond donors (Lipinski definition) is 4. The number of amides is 2. The third-order valence-corrected chi connectivity index (χ3v) is 2.80. The smallest absolute Gasteiger partial charge is 0.249 e. The molecule has 116 valence electrons. The molecule has 2 amide bonds. The molecule has 0 aliphatic rings. The molecule has 0 radical (unpaired) electrons. The van der Waals surface area contributed by atoms with Crippen molar-refractivity contribution in [3.63, 3.8) is 0 Å². The molecule has 7 heteroatoms. The number of hydrogen-bond acceptors (Lipinski definition) is 5. The highest BCUT2D eigenvalue weighted by Crippen LogP contribution is 2.16. The van der Waals surface area contributed by atoms with Crippen molar-refractivity contribution in [3.05, 3.63) is 29.8 Å². The summed E-state index contributed by atoms with van der Waals surface area (Å²) >= 11 is 0. The topological polar surface area (TPSA) is 108 Å². The molecular weight excluding hydrogens is 276 g/mol. The molecule has 4 N–H and O–H groups in total. The van der Waals surface area contributed by atoms with Gasteiger partial charge in [-0.15, -0.1) is 0 Å². The summed E-state index contributed by atoms with van der Waals surface area (Å²) in [5, 5.41) is 22.8. The van der Waals surface area contributed by atoms with Crippen LogP contribution in [0.1, 0.15) is 12.0 Å². The van der Waals surface area contributed by atoms with Gasteiger partial charge in [0.25, 0.3) is 0 Å². The second kappa shape index (κ2) is 8.93. The SMILES string of the molecule is COc1ccccc1CNC(=O)CNC(=O)C(O)CCO. The number of rotatable bonds is 8. The van der Waals surface area contributed by atoms with Crippen LogP contribution in [0.15, 0.2) is 24.3 Å². The minimum absolute atomic E-state index is 0.0608. The number of nitrogens with one attached hydrogen (secondary N) is 2. The van der Waals surface area contributed by atoms with Crippen LogP contribution in [0.2, 0.25) is 0 Å². The molecule has 1 unspecified atom stereocenters. The van der Waals surface area contributed by atoms with Crippen molar-refractivity contribution in [2.75, 3.05) is 20.3 Å². The summed E-state index contributed by atoms with van der Waals surface area (Å²) in [5.74, 6) is -0.401. The number of ether oxygens (including phenoxy) is 1. The predicted octanol–water partition coefficient (Wildman–Crippen LogP) is -0.829. The van der Waals surface area contributed by atoms with Crippen molar-refractivity contribution < 1.29 is 24.5 Å². The molecule has 1 atom stereocenters. The van der Waals surface area contributed by atoms with Crippen LogP contribution in [0.4, 0.5) is 0 Å². The highest BCUT2D eigenvalue weighted by molar-refractivity contribution is 5.86. The normalized spacial score (nSPS) is 11.6. The van der Waals surface area contributed by atoms with E-state index in [1.807, 2.05) is 18.2 Å². The van der Waals surface area contributed by atoms with Gasteiger partial charge in [0.2, 0.25) is 11.8 Å². The number of aliphatic hydroxyl groups is 2. The standard InChI is InChI=1S/C14H20N2O5/c1-21-12-5-3-2-4-10(12)8-15-13(19)9-16-14(20)11(18)6-7-17/h2-5,11,17-18H,6-9H2,1H3,(H,15,19)(H,16,20). The van der Waals surface area contributed by atoms with Crippen molar-refractivity contribution in [2.45, 2.75) is 19.1 Å².